The maximum atomic E-state index is 12.7. The van der Waals surface area contributed by atoms with Crippen molar-refractivity contribution < 1.29 is 4.39 Å². The zero-order valence-corrected chi connectivity index (χ0v) is 9.37. The molecule has 0 amide bonds. The van der Waals surface area contributed by atoms with Gasteiger partial charge in [0.25, 0.3) is 0 Å². The molecule has 16 heavy (non-hydrogen) atoms. The first-order valence-electron chi connectivity index (χ1n) is 5.13. The molecular weight excluding hydrogens is 205 g/mol. The molecule has 84 valence electrons. The molecule has 2 aromatic rings. The maximum Gasteiger partial charge on any atom is 0.203 e. The van der Waals surface area contributed by atoms with Gasteiger partial charge in [-0.25, -0.2) is 9.37 Å². The number of anilines is 1. The lowest BCUT2D eigenvalue weighted by molar-refractivity contribution is 0.627. The van der Waals surface area contributed by atoms with Crippen LogP contribution in [0.15, 0.2) is 30.5 Å². The molecule has 0 saturated heterocycles. The summed E-state index contributed by atoms with van der Waals surface area (Å²) in [6.45, 7) is 2.59. The first kappa shape index (κ1) is 10.7. The van der Waals surface area contributed by atoms with Gasteiger partial charge in [-0.3, -0.25) is 0 Å². The minimum Gasteiger partial charge on any atom is -0.352 e. The van der Waals surface area contributed by atoms with Gasteiger partial charge >= 0.3 is 0 Å². The van der Waals surface area contributed by atoms with Crippen LogP contribution >= 0.6 is 0 Å². The molecule has 1 aromatic carbocycles. The fraction of sp³-hybridized carbons (Fsp3) is 0.250. The van der Waals surface area contributed by atoms with E-state index >= 15 is 0 Å². The number of aryl methyl sites for hydroxylation is 2. The molecule has 0 unspecified atom stereocenters. The predicted molar refractivity (Wildman–Crippen MR) is 61.7 cm³/mol. The van der Waals surface area contributed by atoms with Gasteiger partial charge in [0.05, 0.1) is 5.69 Å². The Bertz CT molecular complexity index is 474. The molecule has 0 radical (unpaired) electrons. The summed E-state index contributed by atoms with van der Waals surface area (Å²) in [7, 11) is 1.94. The highest BCUT2D eigenvalue weighted by Crippen LogP contribution is 2.09. The van der Waals surface area contributed by atoms with E-state index in [9.17, 15) is 4.39 Å². The van der Waals surface area contributed by atoms with E-state index in [4.69, 9.17) is 0 Å². The van der Waals surface area contributed by atoms with Gasteiger partial charge in [-0.05, 0) is 24.6 Å². The Kier molecular flexibility index (Phi) is 2.90. The average molecular weight is 219 g/mol. The van der Waals surface area contributed by atoms with Crippen molar-refractivity contribution in [3.63, 3.8) is 0 Å². The molecule has 0 bridgehead atoms. The Morgan fingerprint density at radius 1 is 1.31 bits per heavy atom. The van der Waals surface area contributed by atoms with E-state index in [0.717, 1.165) is 17.2 Å². The molecule has 2 rings (SSSR count). The highest BCUT2D eigenvalue weighted by molar-refractivity contribution is 5.30. The van der Waals surface area contributed by atoms with Crippen LogP contribution in [0.1, 0.15) is 11.3 Å². The van der Waals surface area contributed by atoms with E-state index in [1.165, 1.54) is 12.1 Å². The molecule has 0 spiro atoms. The van der Waals surface area contributed by atoms with Crippen molar-refractivity contribution in [1.82, 2.24) is 9.55 Å². The van der Waals surface area contributed by atoms with Crippen molar-refractivity contribution in [3.05, 3.63) is 47.5 Å². The summed E-state index contributed by atoms with van der Waals surface area (Å²) in [6.07, 6.45) is 1.95. The molecule has 0 atom stereocenters. The van der Waals surface area contributed by atoms with E-state index in [-0.39, 0.29) is 5.82 Å². The van der Waals surface area contributed by atoms with Gasteiger partial charge in [0.15, 0.2) is 0 Å². The van der Waals surface area contributed by atoms with Crippen molar-refractivity contribution in [2.45, 2.75) is 13.5 Å². The summed E-state index contributed by atoms with van der Waals surface area (Å²) < 4.78 is 14.6. The number of hydrogen-bond acceptors (Lipinski definition) is 2. The monoisotopic (exact) mass is 219 g/mol. The van der Waals surface area contributed by atoms with Gasteiger partial charge < -0.3 is 9.88 Å². The van der Waals surface area contributed by atoms with Crippen LogP contribution < -0.4 is 5.32 Å². The number of hydrogen-bond donors (Lipinski definition) is 1. The standard InChI is InChI=1S/C12H14FN3/c1-9-8-16(2)12(15-9)14-7-10-3-5-11(13)6-4-10/h3-6,8H,7H2,1-2H3,(H,14,15). The largest absolute Gasteiger partial charge is 0.352 e. The van der Waals surface area contributed by atoms with Crippen LogP contribution in [-0.4, -0.2) is 9.55 Å². The Hall–Kier alpha value is -1.84. The number of benzene rings is 1. The number of imidazole rings is 1. The smallest absolute Gasteiger partial charge is 0.203 e. The van der Waals surface area contributed by atoms with Crippen LogP contribution in [0.2, 0.25) is 0 Å². The van der Waals surface area contributed by atoms with E-state index in [0.29, 0.717) is 6.54 Å². The molecule has 1 N–H and O–H groups in total. The highest BCUT2D eigenvalue weighted by atomic mass is 19.1. The molecular formula is C12H14FN3. The third-order valence-electron chi connectivity index (χ3n) is 2.36. The van der Waals surface area contributed by atoms with Crippen LogP contribution in [0.25, 0.3) is 0 Å². The van der Waals surface area contributed by atoms with Crippen LogP contribution in [0, 0.1) is 12.7 Å². The van der Waals surface area contributed by atoms with Crippen LogP contribution in [0.5, 0.6) is 0 Å². The molecule has 0 fully saturated rings. The van der Waals surface area contributed by atoms with Gasteiger partial charge in [0.1, 0.15) is 5.82 Å². The number of rotatable bonds is 3. The summed E-state index contributed by atoms with van der Waals surface area (Å²) in [5.74, 6) is 0.610. The molecule has 0 aliphatic rings. The summed E-state index contributed by atoms with van der Waals surface area (Å²) in [5, 5.41) is 3.20. The second-order valence-corrected chi connectivity index (χ2v) is 3.80. The summed E-state index contributed by atoms with van der Waals surface area (Å²) >= 11 is 0. The van der Waals surface area contributed by atoms with E-state index in [2.05, 4.69) is 10.3 Å². The SMILES string of the molecule is Cc1cn(C)c(NCc2ccc(F)cc2)n1. The molecule has 4 heteroatoms. The molecule has 0 aliphatic heterocycles. The zero-order chi connectivity index (χ0) is 11.5. The summed E-state index contributed by atoms with van der Waals surface area (Å²) in [5.41, 5.74) is 2.01. The molecule has 0 saturated carbocycles. The lowest BCUT2D eigenvalue weighted by Gasteiger charge is -2.05. The molecule has 1 aromatic heterocycles. The Labute approximate surface area is 93.9 Å². The lowest BCUT2D eigenvalue weighted by Crippen LogP contribution is -2.04. The van der Waals surface area contributed by atoms with E-state index < -0.39 is 0 Å². The Morgan fingerprint density at radius 2 is 2.00 bits per heavy atom. The van der Waals surface area contributed by atoms with Gasteiger partial charge in [-0.15, -0.1) is 0 Å². The minimum atomic E-state index is -0.211. The quantitative estimate of drug-likeness (QED) is 0.859. The van der Waals surface area contributed by atoms with E-state index in [1.807, 2.05) is 24.7 Å². The third kappa shape index (κ3) is 2.39. The first-order valence-corrected chi connectivity index (χ1v) is 5.13. The van der Waals surface area contributed by atoms with Gasteiger partial charge in [-0.2, -0.15) is 0 Å². The molecule has 1 heterocycles. The summed E-state index contributed by atoms with van der Waals surface area (Å²) in [4.78, 5) is 4.32. The van der Waals surface area contributed by atoms with Gasteiger partial charge in [0.2, 0.25) is 5.95 Å². The normalized spacial score (nSPS) is 10.4. The van der Waals surface area contributed by atoms with E-state index in [1.54, 1.807) is 12.1 Å². The fourth-order valence-corrected chi connectivity index (χ4v) is 1.56. The lowest BCUT2D eigenvalue weighted by atomic mass is 10.2. The zero-order valence-electron chi connectivity index (χ0n) is 9.37. The number of aromatic nitrogens is 2. The van der Waals surface area contributed by atoms with Crippen molar-refractivity contribution in [2.24, 2.45) is 7.05 Å². The summed E-state index contributed by atoms with van der Waals surface area (Å²) in [6, 6.07) is 6.44. The highest BCUT2D eigenvalue weighted by Gasteiger charge is 2.01. The molecule has 0 aliphatic carbocycles. The average Bonchev–Trinajstić information content (AvgIpc) is 2.57. The van der Waals surface area contributed by atoms with Gasteiger partial charge in [0, 0.05) is 19.8 Å². The van der Waals surface area contributed by atoms with Crippen LogP contribution in [0.4, 0.5) is 10.3 Å². The first-order chi connectivity index (χ1) is 7.65. The second-order valence-electron chi connectivity index (χ2n) is 3.80. The van der Waals surface area contributed by atoms with Crippen molar-refractivity contribution >= 4 is 5.95 Å². The topological polar surface area (TPSA) is 29.9 Å². The minimum absolute atomic E-state index is 0.211. The number of nitrogens with zero attached hydrogens (tertiary/aromatic N) is 2. The van der Waals surface area contributed by atoms with Gasteiger partial charge in [-0.1, -0.05) is 12.1 Å². The van der Waals surface area contributed by atoms with Crippen LogP contribution in [-0.2, 0) is 13.6 Å². The Balaban J connectivity index is 2.02. The third-order valence-corrected chi connectivity index (χ3v) is 2.36. The predicted octanol–water partition coefficient (Wildman–Crippen LogP) is 2.48. The second kappa shape index (κ2) is 4.35. The maximum absolute atomic E-state index is 12.7. The number of nitrogens with one attached hydrogen (secondary N) is 1. The van der Waals surface area contributed by atoms with Crippen molar-refractivity contribution in [3.8, 4) is 0 Å². The fourth-order valence-electron chi connectivity index (χ4n) is 1.56. The Morgan fingerprint density at radius 3 is 2.56 bits per heavy atom. The van der Waals surface area contributed by atoms with Crippen LogP contribution in [0.3, 0.4) is 0 Å². The number of halogens is 1. The van der Waals surface area contributed by atoms with Crippen molar-refractivity contribution in [2.75, 3.05) is 5.32 Å². The molecule has 3 nitrogen and oxygen atoms in total. The van der Waals surface area contributed by atoms with Crippen molar-refractivity contribution in [1.29, 1.82) is 0 Å².